The third-order valence-electron chi connectivity index (χ3n) is 2.40. The molecule has 0 saturated carbocycles. The van der Waals surface area contributed by atoms with Gasteiger partial charge in [-0.15, -0.1) is 0 Å². The van der Waals surface area contributed by atoms with Crippen molar-refractivity contribution in [3.05, 3.63) is 29.8 Å². The number of ether oxygens (including phenoxy) is 1. The molecule has 0 bridgehead atoms. The Bertz CT molecular complexity index is 381. The molecular weight excluding hydrogens is 220 g/mol. The summed E-state index contributed by atoms with van der Waals surface area (Å²) in [6.07, 6.45) is 0.562. The Balaban J connectivity index is 2.52. The number of aliphatic hydroxyl groups excluding tert-OH is 1. The number of Topliss-reactive ketones (excluding diaryl/α,β-unsaturated/α-hetero) is 2. The lowest BCUT2D eigenvalue weighted by atomic mass is 10.0. The van der Waals surface area contributed by atoms with Gasteiger partial charge >= 0.3 is 0 Å². The van der Waals surface area contributed by atoms with Crippen LogP contribution in [0.15, 0.2) is 24.3 Å². The SMILES string of the molecule is COc1ccc(CC(=O)C(=O)CCCO)cc1. The van der Waals surface area contributed by atoms with Crippen LogP contribution in [0.5, 0.6) is 5.75 Å². The van der Waals surface area contributed by atoms with Crippen molar-refractivity contribution in [2.45, 2.75) is 19.3 Å². The molecule has 0 unspecified atom stereocenters. The number of ketones is 2. The molecule has 1 aromatic carbocycles. The van der Waals surface area contributed by atoms with E-state index in [2.05, 4.69) is 0 Å². The van der Waals surface area contributed by atoms with Crippen LogP contribution in [0.2, 0.25) is 0 Å². The number of benzene rings is 1. The topological polar surface area (TPSA) is 63.6 Å². The minimum absolute atomic E-state index is 0.0679. The second-order valence-corrected chi connectivity index (χ2v) is 3.70. The van der Waals surface area contributed by atoms with Crippen molar-refractivity contribution in [1.82, 2.24) is 0 Å². The minimum Gasteiger partial charge on any atom is -0.497 e. The standard InChI is InChI=1S/C13H16O4/c1-17-11-6-4-10(5-7-11)9-13(16)12(15)3-2-8-14/h4-7,14H,2-3,8-9H2,1H3. The van der Waals surface area contributed by atoms with Crippen LogP contribution in [0.3, 0.4) is 0 Å². The molecular formula is C13H16O4. The summed E-state index contributed by atoms with van der Waals surface area (Å²) in [6.45, 7) is -0.0679. The molecule has 0 atom stereocenters. The molecule has 0 radical (unpaired) electrons. The molecule has 0 heterocycles. The predicted octanol–water partition coefficient (Wildman–Crippen LogP) is 1.15. The van der Waals surface area contributed by atoms with Gasteiger partial charge in [0.05, 0.1) is 7.11 Å². The maximum Gasteiger partial charge on any atom is 0.202 e. The summed E-state index contributed by atoms with van der Waals surface area (Å²) < 4.78 is 5.00. The van der Waals surface area contributed by atoms with E-state index in [0.29, 0.717) is 12.2 Å². The Morgan fingerprint density at radius 1 is 1.18 bits per heavy atom. The van der Waals surface area contributed by atoms with Crippen LogP contribution in [0.1, 0.15) is 18.4 Å². The molecule has 1 N–H and O–H groups in total. The molecule has 1 aromatic rings. The summed E-state index contributed by atoms with van der Waals surface area (Å²) >= 11 is 0. The van der Waals surface area contributed by atoms with Gasteiger partial charge in [-0.25, -0.2) is 0 Å². The first-order chi connectivity index (χ1) is 8.17. The number of hydrogen-bond donors (Lipinski definition) is 1. The maximum absolute atomic E-state index is 11.5. The number of aliphatic hydroxyl groups is 1. The van der Waals surface area contributed by atoms with Crippen LogP contribution in [0.25, 0.3) is 0 Å². The van der Waals surface area contributed by atoms with Gasteiger partial charge < -0.3 is 9.84 Å². The highest BCUT2D eigenvalue weighted by molar-refractivity contribution is 6.37. The van der Waals surface area contributed by atoms with Crippen molar-refractivity contribution in [1.29, 1.82) is 0 Å². The molecule has 0 aromatic heterocycles. The van der Waals surface area contributed by atoms with Crippen molar-refractivity contribution in [2.24, 2.45) is 0 Å². The Morgan fingerprint density at radius 2 is 1.82 bits per heavy atom. The molecule has 0 aliphatic heterocycles. The van der Waals surface area contributed by atoms with Gasteiger partial charge in [0.15, 0.2) is 5.78 Å². The van der Waals surface area contributed by atoms with Gasteiger partial charge in [-0.3, -0.25) is 9.59 Å². The lowest BCUT2D eigenvalue weighted by molar-refractivity contribution is -0.136. The zero-order valence-electron chi connectivity index (χ0n) is 9.81. The van der Waals surface area contributed by atoms with Crippen LogP contribution >= 0.6 is 0 Å². The first kappa shape index (κ1) is 13.4. The van der Waals surface area contributed by atoms with Crippen molar-refractivity contribution in [3.8, 4) is 5.75 Å². The molecule has 17 heavy (non-hydrogen) atoms. The van der Waals surface area contributed by atoms with Crippen molar-refractivity contribution >= 4 is 11.6 Å². The average Bonchev–Trinajstić information content (AvgIpc) is 2.36. The van der Waals surface area contributed by atoms with E-state index in [4.69, 9.17) is 9.84 Å². The van der Waals surface area contributed by atoms with E-state index in [9.17, 15) is 9.59 Å². The highest BCUT2D eigenvalue weighted by Crippen LogP contribution is 2.12. The Hall–Kier alpha value is -1.68. The Morgan fingerprint density at radius 3 is 2.35 bits per heavy atom. The molecule has 92 valence electrons. The van der Waals surface area contributed by atoms with E-state index < -0.39 is 11.6 Å². The highest BCUT2D eigenvalue weighted by Gasteiger charge is 2.13. The summed E-state index contributed by atoms with van der Waals surface area (Å²) in [6, 6.07) is 7.02. The highest BCUT2D eigenvalue weighted by atomic mass is 16.5. The predicted molar refractivity (Wildman–Crippen MR) is 63.0 cm³/mol. The molecule has 0 fully saturated rings. The van der Waals surface area contributed by atoms with E-state index in [1.165, 1.54) is 0 Å². The fourth-order valence-electron chi connectivity index (χ4n) is 1.41. The molecule has 1 rings (SSSR count). The minimum atomic E-state index is -0.421. The fourth-order valence-corrected chi connectivity index (χ4v) is 1.41. The molecule has 0 aliphatic carbocycles. The monoisotopic (exact) mass is 236 g/mol. The van der Waals surface area contributed by atoms with Gasteiger partial charge in [0.2, 0.25) is 5.78 Å². The van der Waals surface area contributed by atoms with E-state index in [0.717, 1.165) is 5.56 Å². The molecule has 0 aliphatic rings. The van der Waals surface area contributed by atoms with Crippen LogP contribution < -0.4 is 4.74 Å². The fraction of sp³-hybridized carbons (Fsp3) is 0.385. The van der Waals surface area contributed by atoms with Crippen molar-refractivity contribution in [3.63, 3.8) is 0 Å². The van der Waals surface area contributed by atoms with Gasteiger partial charge in [-0.05, 0) is 24.1 Å². The lowest BCUT2D eigenvalue weighted by Crippen LogP contribution is -2.16. The molecule has 0 amide bonds. The van der Waals surface area contributed by atoms with E-state index in [-0.39, 0.29) is 19.4 Å². The zero-order chi connectivity index (χ0) is 12.7. The maximum atomic E-state index is 11.5. The van der Waals surface area contributed by atoms with Gasteiger partial charge in [0, 0.05) is 19.4 Å². The van der Waals surface area contributed by atoms with Gasteiger partial charge in [0.25, 0.3) is 0 Å². The van der Waals surface area contributed by atoms with Crippen LogP contribution in [0.4, 0.5) is 0 Å². The van der Waals surface area contributed by atoms with Gasteiger partial charge in [-0.2, -0.15) is 0 Å². The zero-order valence-corrected chi connectivity index (χ0v) is 9.81. The Kier molecular flexibility index (Phi) is 5.36. The lowest BCUT2D eigenvalue weighted by Gasteiger charge is -2.02. The normalized spacial score (nSPS) is 10.0. The summed E-state index contributed by atoms with van der Waals surface area (Å²) in [7, 11) is 1.57. The largest absolute Gasteiger partial charge is 0.497 e. The van der Waals surface area contributed by atoms with E-state index in [1.54, 1.807) is 31.4 Å². The Labute approximate surface area is 100 Å². The number of hydrogen-bond acceptors (Lipinski definition) is 4. The molecule has 0 spiro atoms. The van der Waals surface area contributed by atoms with E-state index in [1.807, 2.05) is 0 Å². The average molecular weight is 236 g/mol. The summed E-state index contributed by atoms with van der Waals surface area (Å²) in [5, 5.41) is 8.57. The molecule has 4 heteroatoms. The number of methoxy groups -OCH3 is 1. The molecule has 4 nitrogen and oxygen atoms in total. The third-order valence-corrected chi connectivity index (χ3v) is 2.40. The number of carbonyl (C=O) groups excluding carboxylic acids is 2. The summed E-state index contributed by atoms with van der Waals surface area (Å²) in [5.74, 6) is -0.119. The summed E-state index contributed by atoms with van der Waals surface area (Å²) in [4.78, 5) is 22.9. The van der Waals surface area contributed by atoms with Gasteiger partial charge in [-0.1, -0.05) is 12.1 Å². The number of rotatable bonds is 7. The second-order valence-electron chi connectivity index (χ2n) is 3.70. The van der Waals surface area contributed by atoms with Crippen molar-refractivity contribution < 1.29 is 19.4 Å². The first-order valence-electron chi connectivity index (χ1n) is 5.47. The van der Waals surface area contributed by atoms with Gasteiger partial charge in [0.1, 0.15) is 5.75 Å². The second kappa shape index (κ2) is 6.81. The third kappa shape index (κ3) is 4.36. The van der Waals surface area contributed by atoms with Crippen LogP contribution in [0, 0.1) is 0 Å². The van der Waals surface area contributed by atoms with Crippen LogP contribution in [-0.2, 0) is 16.0 Å². The van der Waals surface area contributed by atoms with E-state index >= 15 is 0 Å². The summed E-state index contributed by atoms with van der Waals surface area (Å²) in [5.41, 5.74) is 0.785. The smallest absolute Gasteiger partial charge is 0.202 e. The molecule has 0 saturated heterocycles. The van der Waals surface area contributed by atoms with Crippen molar-refractivity contribution in [2.75, 3.05) is 13.7 Å². The first-order valence-corrected chi connectivity index (χ1v) is 5.47. The van der Waals surface area contributed by atoms with Crippen LogP contribution in [-0.4, -0.2) is 30.4 Å². The quantitative estimate of drug-likeness (QED) is 0.721. The number of carbonyl (C=O) groups is 2.